The molecule has 114 valence electrons. The zero-order valence-corrected chi connectivity index (χ0v) is 13.8. The molecule has 3 nitrogen and oxygen atoms in total. The summed E-state index contributed by atoms with van der Waals surface area (Å²) >= 11 is 1.43. The van der Waals surface area contributed by atoms with Gasteiger partial charge in [-0.1, -0.05) is 25.7 Å². The van der Waals surface area contributed by atoms with Crippen molar-refractivity contribution in [3.05, 3.63) is 21.4 Å². The Kier molecular flexibility index (Phi) is 5.08. The van der Waals surface area contributed by atoms with Gasteiger partial charge in [0.2, 0.25) is 0 Å². The van der Waals surface area contributed by atoms with Gasteiger partial charge in [-0.05, 0) is 43.2 Å². The molecule has 2 rings (SSSR count). The molecule has 1 aromatic rings. The van der Waals surface area contributed by atoms with Gasteiger partial charge in [0.15, 0.2) is 0 Å². The lowest BCUT2D eigenvalue weighted by atomic mass is 9.82. The standard InChI is InChI=1S/C17H23NO2S/c1-4-17(5-2)8-9-18(12-17)16(20)15-11-13(3)14(21-15)7-6-10-19/h11,19H,4-5,8-10,12H2,1-3H3. The number of likely N-dealkylation sites (tertiary alicyclic amines) is 1. The first kappa shape index (κ1) is 16.1. The summed E-state index contributed by atoms with van der Waals surface area (Å²) in [5.74, 6) is 5.69. The summed E-state index contributed by atoms with van der Waals surface area (Å²) in [6.07, 6.45) is 3.36. The Morgan fingerprint density at radius 3 is 2.76 bits per heavy atom. The van der Waals surface area contributed by atoms with E-state index in [1.807, 2.05) is 17.9 Å². The van der Waals surface area contributed by atoms with Crippen LogP contribution in [0.4, 0.5) is 0 Å². The van der Waals surface area contributed by atoms with Gasteiger partial charge in [0, 0.05) is 13.1 Å². The van der Waals surface area contributed by atoms with E-state index in [-0.39, 0.29) is 12.5 Å². The molecule has 1 aromatic heterocycles. The van der Waals surface area contributed by atoms with Gasteiger partial charge in [0.25, 0.3) is 5.91 Å². The van der Waals surface area contributed by atoms with E-state index in [4.69, 9.17) is 5.11 Å². The number of aryl methyl sites for hydroxylation is 1. The maximum absolute atomic E-state index is 12.6. The number of carbonyl (C=O) groups excluding carboxylic acids is 1. The van der Waals surface area contributed by atoms with Gasteiger partial charge in [0.1, 0.15) is 6.61 Å². The quantitative estimate of drug-likeness (QED) is 0.872. The monoisotopic (exact) mass is 305 g/mol. The summed E-state index contributed by atoms with van der Waals surface area (Å²) < 4.78 is 0. The Morgan fingerprint density at radius 2 is 2.19 bits per heavy atom. The molecule has 1 amide bonds. The number of carbonyl (C=O) groups is 1. The van der Waals surface area contributed by atoms with E-state index < -0.39 is 0 Å². The Bertz CT molecular complexity index is 575. The molecule has 1 N–H and O–H groups in total. The van der Waals surface area contributed by atoms with E-state index in [1.165, 1.54) is 11.3 Å². The fourth-order valence-corrected chi connectivity index (χ4v) is 3.94. The van der Waals surface area contributed by atoms with Crippen LogP contribution in [-0.4, -0.2) is 35.6 Å². The number of thiophene rings is 1. The molecule has 4 heteroatoms. The smallest absolute Gasteiger partial charge is 0.263 e. The maximum atomic E-state index is 12.6. The van der Waals surface area contributed by atoms with Crippen LogP contribution < -0.4 is 0 Å². The molecule has 0 bridgehead atoms. The number of aliphatic hydroxyl groups excluding tert-OH is 1. The second kappa shape index (κ2) is 6.64. The highest BCUT2D eigenvalue weighted by atomic mass is 32.1. The normalized spacial score (nSPS) is 16.7. The van der Waals surface area contributed by atoms with E-state index in [2.05, 4.69) is 25.7 Å². The van der Waals surface area contributed by atoms with Gasteiger partial charge in [-0.2, -0.15) is 0 Å². The van der Waals surface area contributed by atoms with Gasteiger partial charge in [-0.3, -0.25) is 4.79 Å². The zero-order valence-electron chi connectivity index (χ0n) is 13.0. The second-order valence-corrected chi connectivity index (χ2v) is 6.82. The van der Waals surface area contributed by atoms with Crippen molar-refractivity contribution in [1.29, 1.82) is 0 Å². The van der Waals surface area contributed by atoms with Gasteiger partial charge in [-0.15, -0.1) is 11.3 Å². The minimum atomic E-state index is -0.151. The van der Waals surface area contributed by atoms with Crippen LogP contribution in [0.25, 0.3) is 0 Å². The molecule has 1 aliphatic rings. The highest BCUT2D eigenvalue weighted by Crippen LogP contribution is 2.38. The molecule has 1 aliphatic heterocycles. The van der Waals surface area contributed by atoms with Crippen molar-refractivity contribution in [3.63, 3.8) is 0 Å². The summed E-state index contributed by atoms with van der Waals surface area (Å²) in [4.78, 5) is 16.3. The van der Waals surface area contributed by atoms with Crippen LogP contribution in [0, 0.1) is 24.2 Å². The van der Waals surface area contributed by atoms with Crippen molar-refractivity contribution in [3.8, 4) is 11.8 Å². The lowest BCUT2D eigenvalue weighted by molar-refractivity contribution is 0.0774. The van der Waals surface area contributed by atoms with E-state index >= 15 is 0 Å². The second-order valence-electron chi connectivity index (χ2n) is 5.77. The van der Waals surface area contributed by atoms with Crippen LogP contribution in [-0.2, 0) is 0 Å². The van der Waals surface area contributed by atoms with E-state index in [9.17, 15) is 4.79 Å². The summed E-state index contributed by atoms with van der Waals surface area (Å²) in [5.41, 5.74) is 1.32. The van der Waals surface area contributed by atoms with Gasteiger partial charge < -0.3 is 10.0 Å². The number of nitrogens with zero attached hydrogens (tertiary/aromatic N) is 1. The van der Waals surface area contributed by atoms with E-state index in [1.54, 1.807) is 0 Å². The van der Waals surface area contributed by atoms with Crippen molar-refractivity contribution in [2.75, 3.05) is 19.7 Å². The van der Waals surface area contributed by atoms with E-state index in [0.717, 1.165) is 47.7 Å². The van der Waals surface area contributed by atoms with Crippen molar-refractivity contribution in [2.45, 2.75) is 40.0 Å². The first-order valence-corrected chi connectivity index (χ1v) is 8.36. The minimum absolute atomic E-state index is 0.129. The van der Waals surface area contributed by atoms with Crippen molar-refractivity contribution >= 4 is 17.2 Å². The molecule has 0 saturated carbocycles. The Labute approximate surface area is 131 Å². The molecule has 0 unspecified atom stereocenters. The number of hydrogen-bond donors (Lipinski definition) is 1. The van der Waals surface area contributed by atoms with Gasteiger partial charge in [-0.25, -0.2) is 0 Å². The molecular formula is C17H23NO2S. The predicted octanol–water partition coefficient (Wildman–Crippen LogP) is 3.05. The third-order valence-corrected chi connectivity index (χ3v) is 5.78. The number of rotatable bonds is 3. The van der Waals surface area contributed by atoms with Crippen LogP contribution in [0.5, 0.6) is 0 Å². The molecule has 0 atom stereocenters. The highest BCUT2D eigenvalue weighted by molar-refractivity contribution is 7.14. The molecule has 2 heterocycles. The van der Waals surface area contributed by atoms with Crippen LogP contribution in [0.15, 0.2) is 6.07 Å². The SMILES string of the molecule is CCC1(CC)CCN(C(=O)c2cc(C)c(C#CCO)s2)C1. The molecule has 1 saturated heterocycles. The minimum Gasteiger partial charge on any atom is -0.384 e. The van der Waals surface area contributed by atoms with Crippen LogP contribution in [0.3, 0.4) is 0 Å². The summed E-state index contributed by atoms with van der Waals surface area (Å²) in [6.45, 7) is 7.97. The van der Waals surface area contributed by atoms with Crippen molar-refractivity contribution in [2.24, 2.45) is 5.41 Å². The van der Waals surface area contributed by atoms with Crippen LogP contribution in [0.2, 0.25) is 0 Å². The Morgan fingerprint density at radius 1 is 1.48 bits per heavy atom. The molecule has 21 heavy (non-hydrogen) atoms. The van der Waals surface area contributed by atoms with E-state index in [0.29, 0.717) is 5.41 Å². The molecule has 0 radical (unpaired) electrons. The van der Waals surface area contributed by atoms with Gasteiger partial charge in [0.05, 0.1) is 9.75 Å². The van der Waals surface area contributed by atoms with Crippen molar-refractivity contribution < 1.29 is 9.90 Å². The fraction of sp³-hybridized carbons (Fsp3) is 0.588. The summed E-state index contributed by atoms with van der Waals surface area (Å²) in [5, 5.41) is 8.77. The molecule has 1 fully saturated rings. The number of aliphatic hydroxyl groups is 1. The van der Waals surface area contributed by atoms with Crippen LogP contribution in [0.1, 0.15) is 53.2 Å². The molecule has 0 aromatic carbocycles. The van der Waals surface area contributed by atoms with Crippen molar-refractivity contribution in [1.82, 2.24) is 4.90 Å². The molecular weight excluding hydrogens is 282 g/mol. The average Bonchev–Trinajstić information content (AvgIpc) is 3.09. The first-order valence-electron chi connectivity index (χ1n) is 7.54. The van der Waals surface area contributed by atoms with Gasteiger partial charge >= 0.3 is 0 Å². The van der Waals surface area contributed by atoms with Crippen LogP contribution >= 0.6 is 11.3 Å². The first-order chi connectivity index (χ1) is 10.0. The third kappa shape index (κ3) is 3.30. The molecule has 0 aliphatic carbocycles. The fourth-order valence-electron chi connectivity index (χ4n) is 2.92. The number of amides is 1. The Balaban J connectivity index is 2.15. The topological polar surface area (TPSA) is 40.5 Å². The highest BCUT2D eigenvalue weighted by Gasteiger charge is 2.37. The number of hydrogen-bond acceptors (Lipinski definition) is 3. The molecule has 0 spiro atoms. The average molecular weight is 305 g/mol. The Hall–Kier alpha value is -1.31. The maximum Gasteiger partial charge on any atom is 0.263 e. The summed E-state index contributed by atoms with van der Waals surface area (Å²) in [7, 11) is 0. The predicted molar refractivity (Wildman–Crippen MR) is 86.6 cm³/mol. The lowest BCUT2D eigenvalue weighted by Gasteiger charge is -2.26. The zero-order chi connectivity index (χ0) is 15.5. The third-order valence-electron chi connectivity index (χ3n) is 4.64. The lowest BCUT2D eigenvalue weighted by Crippen LogP contribution is -2.31. The largest absolute Gasteiger partial charge is 0.384 e. The summed E-state index contributed by atoms with van der Waals surface area (Å²) in [6, 6.07) is 1.92.